The number of unbranched alkanes of at least 4 members (excludes halogenated alkanes) is 1. The highest BCUT2D eigenvalue weighted by Gasteiger charge is 2.47. The molecule has 5 rings (SSSR count). The van der Waals surface area contributed by atoms with E-state index in [9.17, 15) is 0 Å². The van der Waals surface area contributed by atoms with Crippen molar-refractivity contribution in [3.8, 4) is 0 Å². The quantitative estimate of drug-likeness (QED) is 0.443. The van der Waals surface area contributed by atoms with E-state index in [0.29, 0.717) is 5.92 Å². The Labute approximate surface area is 186 Å². The van der Waals surface area contributed by atoms with Crippen molar-refractivity contribution < 1.29 is 0 Å². The summed E-state index contributed by atoms with van der Waals surface area (Å²) < 4.78 is 0. The van der Waals surface area contributed by atoms with Gasteiger partial charge < -0.3 is 5.73 Å². The molecule has 31 heavy (non-hydrogen) atoms. The molecular formula is C30H31N. The number of fused-ring (bicyclic) bond motifs is 2. The number of nitrogens with two attached hydrogens (primary N) is 1. The predicted molar refractivity (Wildman–Crippen MR) is 132 cm³/mol. The third kappa shape index (κ3) is 3.15. The van der Waals surface area contributed by atoms with E-state index in [0.717, 1.165) is 18.5 Å². The van der Waals surface area contributed by atoms with E-state index in [1.165, 1.54) is 51.8 Å². The zero-order chi connectivity index (χ0) is 21.4. The van der Waals surface area contributed by atoms with Crippen LogP contribution >= 0.6 is 0 Å². The van der Waals surface area contributed by atoms with Gasteiger partial charge in [-0.15, -0.1) is 0 Å². The second kappa shape index (κ2) is 7.89. The van der Waals surface area contributed by atoms with E-state index in [4.69, 9.17) is 5.73 Å². The van der Waals surface area contributed by atoms with Gasteiger partial charge in [0, 0.05) is 5.69 Å². The fourth-order valence-corrected chi connectivity index (χ4v) is 5.51. The predicted octanol–water partition coefficient (Wildman–Crippen LogP) is 7.31. The minimum absolute atomic E-state index is 0.292. The van der Waals surface area contributed by atoms with Crippen molar-refractivity contribution in [1.82, 2.24) is 0 Å². The second-order valence-electron chi connectivity index (χ2n) is 9.15. The average Bonchev–Trinajstić information content (AvgIpc) is 3.09. The van der Waals surface area contributed by atoms with Crippen LogP contribution in [0, 0.1) is 5.92 Å². The van der Waals surface area contributed by atoms with Gasteiger partial charge in [0.25, 0.3) is 0 Å². The number of hydrogen-bond acceptors (Lipinski definition) is 1. The van der Waals surface area contributed by atoms with Crippen LogP contribution in [0.5, 0.6) is 0 Å². The van der Waals surface area contributed by atoms with Gasteiger partial charge in [-0.3, -0.25) is 0 Å². The molecule has 2 aliphatic carbocycles. The molecule has 0 radical (unpaired) electrons. The van der Waals surface area contributed by atoms with Gasteiger partial charge in [-0.2, -0.15) is 0 Å². The molecule has 0 heterocycles. The standard InChI is InChI=1S/C30H31N/c1-3-4-7-22-11-13-23(14-12-22)30(24-15-17-25(31)18-16-24)28-9-6-5-8-26(28)27-20-21(2)10-19-29(27)30/h5-6,8-19,21H,3-4,7,20,31H2,1-2H3. The number of rotatable bonds is 5. The third-order valence-corrected chi connectivity index (χ3v) is 7.05. The number of nitrogen functional groups attached to an aromatic ring is 1. The highest BCUT2D eigenvalue weighted by molar-refractivity contribution is 5.88. The molecule has 156 valence electrons. The Kier molecular flexibility index (Phi) is 5.06. The van der Waals surface area contributed by atoms with Crippen LogP contribution in [0.15, 0.2) is 90.5 Å². The highest BCUT2D eigenvalue weighted by Crippen LogP contribution is 2.57. The van der Waals surface area contributed by atoms with Gasteiger partial charge in [-0.05, 0) is 76.3 Å². The maximum absolute atomic E-state index is 6.09. The first-order valence-electron chi connectivity index (χ1n) is 11.6. The SMILES string of the molecule is CCCCc1ccc(C2(c3ccc(N)cc3)C3=C(CC(C)C=C3)c3ccccc32)cc1. The smallest absolute Gasteiger partial charge is 0.0710 e. The molecule has 3 aromatic carbocycles. The summed E-state index contributed by atoms with van der Waals surface area (Å²) in [4.78, 5) is 0. The van der Waals surface area contributed by atoms with Gasteiger partial charge in [-0.1, -0.05) is 93.1 Å². The van der Waals surface area contributed by atoms with Crippen molar-refractivity contribution in [3.05, 3.63) is 118 Å². The number of benzene rings is 3. The molecule has 0 amide bonds. The zero-order valence-corrected chi connectivity index (χ0v) is 18.6. The molecule has 2 aliphatic rings. The fourth-order valence-electron chi connectivity index (χ4n) is 5.51. The van der Waals surface area contributed by atoms with E-state index in [1.54, 1.807) is 0 Å². The van der Waals surface area contributed by atoms with Crippen LogP contribution in [0.3, 0.4) is 0 Å². The molecule has 0 bridgehead atoms. The molecule has 2 unspecified atom stereocenters. The first-order valence-corrected chi connectivity index (χ1v) is 11.6. The van der Waals surface area contributed by atoms with Crippen LogP contribution in [0.1, 0.15) is 60.9 Å². The molecule has 1 nitrogen and oxygen atoms in total. The lowest BCUT2D eigenvalue weighted by molar-refractivity contribution is 0.717. The molecular weight excluding hydrogens is 374 g/mol. The van der Waals surface area contributed by atoms with Crippen LogP contribution in [-0.2, 0) is 11.8 Å². The average molecular weight is 406 g/mol. The van der Waals surface area contributed by atoms with Gasteiger partial charge in [0.05, 0.1) is 5.41 Å². The largest absolute Gasteiger partial charge is 0.399 e. The first kappa shape index (κ1) is 19.9. The van der Waals surface area contributed by atoms with Crippen LogP contribution in [0.4, 0.5) is 5.69 Å². The maximum atomic E-state index is 6.09. The molecule has 0 spiro atoms. The summed E-state index contributed by atoms with van der Waals surface area (Å²) in [6.07, 6.45) is 9.48. The topological polar surface area (TPSA) is 26.0 Å². The lowest BCUT2D eigenvalue weighted by Gasteiger charge is -2.36. The van der Waals surface area contributed by atoms with E-state index < -0.39 is 0 Å². The maximum Gasteiger partial charge on any atom is 0.0710 e. The Morgan fingerprint density at radius 2 is 1.58 bits per heavy atom. The molecule has 1 heteroatoms. The van der Waals surface area contributed by atoms with E-state index in [1.807, 2.05) is 12.1 Å². The molecule has 0 saturated carbocycles. The van der Waals surface area contributed by atoms with Crippen molar-refractivity contribution in [2.45, 2.75) is 44.9 Å². The van der Waals surface area contributed by atoms with E-state index in [2.05, 4.69) is 86.7 Å². The zero-order valence-electron chi connectivity index (χ0n) is 18.6. The van der Waals surface area contributed by atoms with Crippen LogP contribution in [0.2, 0.25) is 0 Å². The van der Waals surface area contributed by atoms with Crippen LogP contribution in [-0.4, -0.2) is 0 Å². The minimum atomic E-state index is -0.292. The van der Waals surface area contributed by atoms with Gasteiger partial charge >= 0.3 is 0 Å². The summed E-state index contributed by atoms with van der Waals surface area (Å²) in [5.41, 5.74) is 16.4. The normalized spacial score (nSPS) is 21.8. The molecule has 2 N–H and O–H groups in total. The highest BCUT2D eigenvalue weighted by atomic mass is 14.5. The number of hydrogen-bond donors (Lipinski definition) is 1. The Hall–Kier alpha value is -3.06. The lowest BCUT2D eigenvalue weighted by Crippen LogP contribution is -2.29. The van der Waals surface area contributed by atoms with Crippen molar-refractivity contribution in [2.75, 3.05) is 5.73 Å². The molecule has 0 saturated heterocycles. The summed E-state index contributed by atoms with van der Waals surface area (Å²) >= 11 is 0. The summed E-state index contributed by atoms with van der Waals surface area (Å²) in [6, 6.07) is 26.9. The van der Waals surface area contributed by atoms with E-state index in [-0.39, 0.29) is 5.41 Å². The Bertz CT molecular complexity index is 1150. The molecule has 0 aromatic heterocycles. The van der Waals surface area contributed by atoms with Gasteiger partial charge in [-0.25, -0.2) is 0 Å². The van der Waals surface area contributed by atoms with Gasteiger partial charge in [0.15, 0.2) is 0 Å². The van der Waals surface area contributed by atoms with Gasteiger partial charge in [0.2, 0.25) is 0 Å². The Morgan fingerprint density at radius 1 is 0.903 bits per heavy atom. The summed E-state index contributed by atoms with van der Waals surface area (Å²) in [6.45, 7) is 4.57. The Balaban J connectivity index is 1.78. The fraction of sp³-hybridized carbons (Fsp3) is 0.267. The molecule has 0 aliphatic heterocycles. The van der Waals surface area contributed by atoms with E-state index >= 15 is 0 Å². The summed E-state index contributed by atoms with van der Waals surface area (Å²) in [5, 5.41) is 0. The van der Waals surface area contributed by atoms with Crippen LogP contribution in [0.25, 0.3) is 5.57 Å². The van der Waals surface area contributed by atoms with Crippen molar-refractivity contribution in [1.29, 1.82) is 0 Å². The number of allylic oxidation sites excluding steroid dienone is 4. The summed E-state index contributed by atoms with van der Waals surface area (Å²) in [7, 11) is 0. The third-order valence-electron chi connectivity index (χ3n) is 7.05. The molecule has 0 fully saturated rings. The van der Waals surface area contributed by atoms with Crippen molar-refractivity contribution in [3.63, 3.8) is 0 Å². The van der Waals surface area contributed by atoms with Crippen molar-refractivity contribution in [2.24, 2.45) is 5.92 Å². The minimum Gasteiger partial charge on any atom is -0.399 e. The second-order valence-corrected chi connectivity index (χ2v) is 9.15. The number of anilines is 1. The van der Waals surface area contributed by atoms with Gasteiger partial charge in [0.1, 0.15) is 0 Å². The van der Waals surface area contributed by atoms with Crippen LogP contribution < -0.4 is 5.73 Å². The molecule has 3 aromatic rings. The van der Waals surface area contributed by atoms with Crippen molar-refractivity contribution >= 4 is 11.3 Å². The monoisotopic (exact) mass is 405 g/mol. The lowest BCUT2D eigenvalue weighted by atomic mass is 9.66. The first-order chi connectivity index (χ1) is 15.1. The number of aryl methyl sites for hydroxylation is 1. The Morgan fingerprint density at radius 3 is 2.29 bits per heavy atom. The molecule has 2 atom stereocenters. The summed E-state index contributed by atoms with van der Waals surface area (Å²) in [5.74, 6) is 0.561.